The molecule has 0 spiro atoms. The zero-order valence-electron chi connectivity index (χ0n) is 16.3. The van der Waals surface area contributed by atoms with E-state index in [4.69, 9.17) is 16.7 Å². The van der Waals surface area contributed by atoms with Crippen LogP contribution in [0.2, 0.25) is 5.02 Å². The van der Waals surface area contributed by atoms with Gasteiger partial charge < -0.3 is 5.32 Å². The van der Waals surface area contributed by atoms with Gasteiger partial charge in [-0.05, 0) is 42.9 Å². The number of aromatic nitrogens is 3. The molecule has 7 heteroatoms. The molecule has 4 aromatic rings. The molecule has 152 valence electrons. The molecule has 2 aromatic heterocycles. The summed E-state index contributed by atoms with van der Waals surface area (Å²) in [6.07, 6.45) is 3.26. The molecule has 2 heterocycles. The fraction of sp³-hybridized carbons (Fsp3) is 0.261. The van der Waals surface area contributed by atoms with E-state index < -0.39 is 0 Å². The number of halogens is 1. The van der Waals surface area contributed by atoms with E-state index in [1.807, 2.05) is 42.5 Å². The highest BCUT2D eigenvalue weighted by Gasteiger charge is 2.22. The van der Waals surface area contributed by atoms with Gasteiger partial charge in [0.15, 0.2) is 10.6 Å². The Morgan fingerprint density at radius 1 is 1.10 bits per heavy atom. The van der Waals surface area contributed by atoms with Crippen LogP contribution >= 0.6 is 22.9 Å². The van der Waals surface area contributed by atoms with Crippen LogP contribution in [0.1, 0.15) is 18.4 Å². The summed E-state index contributed by atoms with van der Waals surface area (Å²) in [6.45, 7) is 1.41. The van der Waals surface area contributed by atoms with Crippen LogP contribution < -0.4 is 10.9 Å². The molecule has 5 nitrogen and oxygen atoms in total. The van der Waals surface area contributed by atoms with Crippen molar-refractivity contribution in [3.05, 3.63) is 75.5 Å². The molecule has 0 amide bonds. The maximum absolute atomic E-state index is 13.1. The lowest BCUT2D eigenvalue weighted by Crippen LogP contribution is -2.24. The Bertz CT molecular complexity index is 1230. The van der Waals surface area contributed by atoms with Crippen LogP contribution in [-0.4, -0.2) is 21.3 Å². The predicted octanol–water partition coefficient (Wildman–Crippen LogP) is 5.24. The smallest absolute Gasteiger partial charge is 0.294 e. The van der Waals surface area contributed by atoms with Crippen molar-refractivity contribution in [1.82, 2.24) is 14.8 Å². The van der Waals surface area contributed by atoms with Crippen LogP contribution in [-0.2, 0) is 13.0 Å². The van der Waals surface area contributed by atoms with E-state index in [0.717, 1.165) is 40.0 Å². The monoisotopic (exact) mass is 436 g/mol. The van der Waals surface area contributed by atoms with E-state index in [1.54, 1.807) is 4.68 Å². The Hall–Kier alpha value is -2.70. The van der Waals surface area contributed by atoms with Gasteiger partial charge in [0.05, 0.1) is 4.70 Å². The van der Waals surface area contributed by atoms with Gasteiger partial charge in [-0.1, -0.05) is 65.4 Å². The van der Waals surface area contributed by atoms with Gasteiger partial charge in [-0.3, -0.25) is 4.79 Å². The van der Waals surface area contributed by atoms with Crippen LogP contribution in [0.5, 0.6) is 0 Å². The van der Waals surface area contributed by atoms with Crippen LogP contribution in [0.4, 0.5) is 5.13 Å². The predicted molar refractivity (Wildman–Crippen MR) is 123 cm³/mol. The Kier molecular flexibility index (Phi) is 5.27. The summed E-state index contributed by atoms with van der Waals surface area (Å²) in [5.41, 5.74) is 3.20. The number of thiazole rings is 1. The number of nitrogens with one attached hydrogen (secondary N) is 1. The van der Waals surface area contributed by atoms with E-state index in [1.165, 1.54) is 29.7 Å². The van der Waals surface area contributed by atoms with E-state index >= 15 is 0 Å². The van der Waals surface area contributed by atoms with Crippen molar-refractivity contribution in [2.75, 3.05) is 11.9 Å². The standard InChI is InChI=1S/C23H21ClN4OS/c24-18-10-8-17(9-11-18)19-21-20(26-23(30-21)25-14-16-6-7-16)22(29)28(27-19)13-12-15-4-2-1-3-5-15/h1-5,8-11,16H,6-7,12-14H2,(H,25,26). The molecule has 0 unspecified atom stereocenters. The molecule has 1 aliphatic rings. The third-order valence-electron chi connectivity index (χ3n) is 5.31. The minimum atomic E-state index is -0.144. The highest BCUT2D eigenvalue weighted by molar-refractivity contribution is 7.22. The summed E-state index contributed by atoms with van der Waals surface area (Å²) in [6, 6.07) is 17.7. The number of anilines is 1. The summed E-state index contributed by atoms with van der Waals surface area (Å²) in [4.78, 5) is 17.8. The van der Waals surface area contributed by atoms with Gasteiger partial charge in [-0.2, -0.15) is 5.10 Å². The van der Waals surface area contributed by atoms with Crippen molar-refractivity contribution in [3.63, 3.8) is 0 Å². The van der Waals surface area contributed by atoms with Crippen molar-refractivity contribution in [2.45, 2.75) is 25.8 Å². The normalized spacial score (nSPS) is 13.6. The maximum atomic E-state index is 13.1. The first kappa shape index (κ1) is 19.3. The van der Waals surface area contributed by atoms with Crippen molar-refractivity contribution in [3.8, 4) is 11.3 Å². The molecular weight excluding hydrogens is 416 g/mol. The first-order chi connectivity index (χ1) is 14.7. The van der Waals surface area contributed by atoms with Gasteiger partial charge in [0.1, 0.15) is 5.69 Å². The molecule has 0 atom stereocenters. The number of fused-ring (bicyclic) bond motifs is 1. The molecule has 1 N–H and O–H groups in total. The number of hydrogen-bond donors (Lipinski definition) is 1. The van der Waals surface area contributed by atoms with Gasteiger partial charge in [0.25, 0.3) is 5.56 Å². The van der Waals surface area contributed by atoms with E-state index in [2.05, 4.69) is 22.4 Å². The average Bonchev–Trinajstić information content (AvgIpc) is 3.50. The van der Waals surface area contributed by atoms with Crippen LogP contribution in [0.25, 0.3) is 21.5 Å². The van der Waals surface area contributed by atoms with E-state index in [0.29, 0.717) is 17.1 Å². The van der Waals surface area contributed by atoms with Crippen molar-refractivity contribution in [1.29, 1.82) is 0 Å². The van der Waals surface area contributed by atoms with Crippen LogP contribution in [0.15, 0.2) is 59.4 Å². The summed E-state index contributed by atoms with van der Waals surface area (Å²) < 4.78 is 2.36. The van der Waals surface area contributed by atoms with Gasteiger partial charge >= 0.3 is 0 Å². The summed E-state index contributed by atoms with van der Waals surface area (Å²) in [5, 5.41) is 9.59. The molecule has 0 aliphatic heterocycles. The van der Waals surface area contributed by atoms with E-state index in [-0.39, 0.29) is 5.56 Å². The number of aryl methyl sites for hydroxylation is 2. The van der Waals surface area contributed by atoms with Crippen molar-refractivity contribution < 1.29 is 0 Å². The SMILES string of the molecule is O=c1c2nc(NCC3CC3)sc2c(-c2ccc(Cl)cc2)nn1CCc1ccccc1. The van der Waals surface area contributed by atoms with E-state index in [9.17, 15) is 4.79 Å². The van der Waals surface area contributed by atoms with Gasteiger partial charge in [0.2, 0.25) is 0 Å². The molecule has 2 aromatic carbocycles. The topological polar surface area (TPSA) is 59.8 Å². The minimum Gasteiger partial charge on any atom is -0.361 e. The number of rotatable bonds is 7. The lowest BCUT2D eigenvalue weighted by atomic mass is 10.1. The molecule has 0 bridgehead atoms. The fourth-order valence-corrected chi connectivity index (χ4v) is 4.51. The number of hydrogen-bond acceptors (Lipinski definition) is 5. The van der Waals surface area contributed by atoms with Crippen LogP contribution in [0.3, 0.4) is 0 Å². The highest BCUT2D eigenvalue weighted by Crippen LogP contribution is 2.34. The molecule has 0 saturated heterocycles. The Morgan fingerprint density at radius 3 is 2.60 bits per heavy atom. The van der Waals surface area contributed by atoms with Gasteiger partial charge in [-0.15, -0.1) is 0 Å². The van der Waals surface area contributed by atoms with Crippen LogP contribution in [0, 0.1) is 5.92 Å². The Labute approximate surface area is 183 Å². The first-order valence-electron chi connectivity index (χ1n) is 10.1. The Balaban J connectivity index is 1.56. The van der Waals surface area contributed by atoms with Gasteiger partial charge in [0, 0.05) is 23.7 Å². The molecule has 1 aliphatic carbocycles. The lowest BCUT2D eigenvalue weighted by molar-refractivity contribution is 0.586. The number of nitrogens with zero attached hydrogens (tertiary/aromatic N) is 3. The molecule has 30 heavy (non-hydrogen) atoms. The molecule has 1 fully saturated rings. The second kappa shape index (κ2) is 8.20. The Morgan fingerprint density at radius 2 is 1.87 bits per heavy atom. The third-order valence-corrected chi connectivity index (χ3v) is 6.58. The fourth-order valence-electron chi connectivity index (χ4n) is 3.42. The van der Waals surface area contributed by atoms with Crippen molar-refractivity contribution >= 4 is 38.3 Å². The zero-order chi connectivity index (χ0) is 20.5. The molecular formula is C23H21ClN4OS. The molecule has 0 radical (unpaired) electrons. The summed E-state index contributed by atoms with van der Waals surface area (Å²) in [7, 11) is 0. The molecule has 1 saturated carbocycles. The second-order valence-corrected chi connectivity index (χ2v) is 9.08. The molecule has 5 rings (SSSR count). The maximum Gasteiger partial charge on any atom is 0.294 e. The summed E-state index contributed by atoms with van der Waals surface area (Å²) in [5.74, 6) is 0.730. The lowest BCUT2D eigenvalue weighted by Gasteiger charge is -2.09. The number of benzene rings is 2. The minimum absolute atomic E-state index is 0.144. The zero-order valence-corrected chi connectivity index (χ0v) is 17.9. The third kappa shape index (κ3) is 4.11. The quantitative estimate of drug-likeness (QED) is 0.430. The first-order valence-corrected chi connectivity index (χ1v) is 11.3. The largest absolute Gasteiger partial charge is 0.361 e. The van der Waals surface area contributed by atoms with Gasteiger partial charge in [-0.25, -0.2) is 9.67 Å². The average molecular weight is 437 g/mol. The van der Waals surface area contributed by atoms with Crippen molar-refractivity contribution in [2.24, 2.45) is 5.92 Å². The second-order valence-electron chi connectivity index (χ2n) is 7.64. The summed E-state index contributed by atoms with van der Waals surface area (Å²) >= 11 is 7.58. The highest BCUT2D eigenvalue weighted by atomic mass is 35.5.